The van der Waals surface area contributed by atoms with Gasteiger partial charge >= 0.3 is 0 Å². The minimum Gasteiger partial charge on any atom is -0.396 e. The van der Waals surface area contributed by atoms with Crippen LogP contribution in [0.25, 0.3) is 0 Å². The highest BCUT2D eigenvalue weighted by molar-refractivity contribution is 4.97. The molecule has 0 atom stereocenters. The van der Waals surface area contributed by atoms with Crippen molar-refractivity contribution in [1.29, 1.82) is 0 Å². The second-order valence-corrected chi connectivity index (χ2v) is 4.87. The van der Waals surface area contributed by atoms with Gasteiger partial charge in [0.25, 0.3) is 0 Å². The van der Waals surface area contributed by atoms with Gasteiger partial charge in [-0.15, -0.1) is 13.2 Å². The van der Waals surface area contributed by atoms with Gasteiger partial charge in [0.05, 0.1) is 11.2 Å². The molecule has 0 fully saturated rings. The molecule has 0 saturated carbocycles. The van der Waals surface area contributed by atoms with Crippen molar-refractivity contribution < 1.29 is 14.9 Å². The molecule has 0 saturated heterocycles. The Bertz CT molecular complexity index is 186. The molecule has 0 aliphatic heterocycles. The lowest BCUT2D eigenvalue weighted by atomic mass is 10.1. The van der Waals surface area contributed by atoms with Crippen LogP contribution in [0.15, 0.2) is 25.3 Å². The molecule has 0 heterocycles. The zero-order chi connectivity index (χ0) is 13.9. The van der Waals surface area contributed by atoms with Crippen molar-refractivity contribution >= 4 is 0 Å². The Morgan fingerprint density at radius 1 is 0.882 bits per heavy atom. The van der Waals surface area contributed by atoms with Gasteiger partial charge in [-0.1, -0.05) is 12.2 Å². The number of ether oxygens (including phenoxy) is 1. The van der Waals surface area contributed by atoms with Crippen molar-refractivity contribution in [1.82, 2.24) is 0 Å². The Balaban J connectivity index is 0. The number of rotatable bonds is 7. The largest absolute Gasteiger partial charge is 0.396 e. The summed E-state index contributed by atoms with van der Waals surface area (Å²) in [6, 6.07) is 0. The van der Waals surface area contributed by atoms with Gasteiger partial charge < -0.3 is 14.9 Å². The van der Waals surface area contributed by atoms with Gasteiger partial charge in [-0.2, -0.15) is 0 Å². The topological polar surface area (TPSA) is 49.7 Å². The summed E-state index contributed by atoms with van der Waals surface area (Å²) in [6.07, 6.45) is 5.02. The minimum absolute atomic E-state index is 0.195. The minimum atomic E-state index is -0.280. The first-order chi connectivity index (χ1) is 7.74. The molecule has 3 nitrogen and oxygen atoms in total. The number of hydrogen-bond acceptors (Lipinski definition) is 3. The summed E-state index contributed by atoms with van der Waals surface area (Å²) in [5.74, 6) is 0. The van der Waals surface area contributed by atoms with Crippen LogP contribution in [0.4, 0.5) is 0 Å². The van der Waals surface area contributed by atoms with E-state index < -0.39 is 0 Å². The van der Waals surface area contributed by atoms with Crippen molar-refractivity contribution in [3.63, 3.8) is 0 Å². The summed E-state index contributed by atoms with van der Waals surface area (Å²) >= 11 is 0. The molecular formula is C14H28O3. The Kier molecular flexibility index (Phi) is 10.3. The van der Waals surface area contributed by atoms with Gasteiger partial charge in [0, 0.05) is 13.2 Å². The lowest BCUT2D eigenvalue weighted by Crippen LogP contribution is -2.33. The first-order valence-electron chi connectivity index (χ1n) is 5.93. The van der Waals surface area contributed by atoms with E-state index in [-0.39, 0.29) is 24.4 Å². The van der Waals surface area contributed by atoms with Gasteiger partial charge in [-0.25, -0.2) is 0 Å². The smallest absolute Gasteiger partial charge is 0.0815 e. The van der Waals surface area contributed by atoms with Crippen molar-refractivity contribution in [2.24, 2.45) is 0 Å². The predicted octanol–water partition coefficient (Wildman–Crippen LogP) is 2.68. The Morgan fingerprint density at radius 3 is 1.35 bits per heavy atom. The van der Waals surface area contributed by atoms with Crippen LogP contribution in [0.3, 0.4) is 0 Å². The summed E-state index contributed by atoms with van der Waals surface area (Å²) in [7, 11) is 0. The summed E-state index contributed by atoms with van der Waals surface area (Å²) in [6.45, 7) is 15.7. The van der Waals surface area contributed by atoms with E-state index in [1.54, 1.807) is 12.2 Å². The zero-order valence-corrected chi connectivity index (χ0v) is 11.7. The third-order valence-corrected chi connectivity index (χ3v) is 2.08. The monoisotopic (exact) mass is 244 g/mol. The summed E-state index contributed by atoms with van der Waals surface area (Å²) in [5, 5.41) is 16.2. The van der Waals surface area contributed by atoms with Crippen LogP contribution in [0.5, 0.6) is 0 Å². The van der Waals surface area contributed by atoms with Crippen LogP contribution in [0.2, 0.25) is 0 Å². The van der Waals surface area contributed by atoms with E-state index in [0.29, 0.717) is 0 Å². The maximum atomic E-state index is 8.09. The first kappa shape index (κ1) is 18.7. The third kappa shape index (κ3) is 13.3. The molecule has 0 aromatic heterocycles. The van der Waals surface area contributed by atoms with Gasteiger partial charge in [0.15, 0.2) is 0 Å². The Morgan fingerprint density at radius 2 is 1.18 bits per heavy atom. The van der Waals surface area contributed by atoms with E-state index >= 15 is 0 Å². The lowest BCUT2D eigenvalue weighted by molar-refractivity contribution is -0.0679. The quantitative estimate of drug-likeness (QED) is 0.535. The molecule has 2 N–H and O–H groups in total. The molecule has 0 bridgehead atoms. The molecule has 17 heavy (non-hydrogen) atoms. The van der Waals surface area contributed by atoms with Crippen LogP contribution in [0, 0.1) is 0 Å². The molecule has 3 heteroatoms. The highest BCUT2D eigenvalue weighted by atomic mass is 16.5. The van der Waals surface area contributed by atoms with Gasteiger partial charge in [0.2, 0.25) is 0 Å². The molecule has 0 aromatic rings. The number of hydrogen-bond donors (Lipinski definition) is 2. The maximum absolute atomic E-state index is 8.09. The van der Waals surface area contributed by atoms with E-state index in [1.807, 2.05) is 27.7 Å². The van der Waals surface area contributed by atoms with Crippen LogP contribution in [-0.2, 0) is 4.74 Å². The molecule has 0 rings (SSSR count). The fourth-order valence-electron chi connectivity index (χ4n) is 0.985. The molecule has 0 aromatic carbocycles. The standard InChI is InChI=1S/C10H18O.C4H10O2/c1-7-9(3,4)11-10(5,6)8-2;5-3-1-2-4-6/h7-8H,1-2H2,3-6H3;5-6H,1-4H2. The number of aliphatic hydroxyl groups is 2. The molecular weight excluding hydrogens is 216 g/mol. The molecule has 0 aliphatic carbocycles. The van der Waals surface area contributed by atoms with Crippen LogP contribution >= 0.6 is 0 Å². The van der Waals surface area contributed by atoms with Crippen LogP contribution in [0.1, 0.15) is 40.5 Å². The molecule has 0 radical (unpaired) electrons. The average molecular weight is 244 g/mol. The average Bonchev–Trinajstić information content (AvgIpc) is 2.26. The molecule has 0 unspecified atom stereocenters. The normalized spacial score (nSPS) is 11.4. The van der Waals surface area contributed by atoms with Crippen molar-refractivity contribution in [2.75, 3.05) is 13.2 Å². The second-order valence-electron chi connectivity index (χ2n) is 4.87. The van der Waals surface area contributed by atoms with E-state index in [9.17, 15) is 0 Å². The zero-order valence-electron chi connectivity index (χ0n) is 11.7. The second kappa shape index (κ2) is 9.40. The van der Waals surface area contributed by atoms with Crippen LogP contribution < -0.4 is 0 Å². The fraction of sp³-hybridized carbons (Fsp3) is 0.714. The maximum Gasteiger partial charge on any atom is 0.0815 e. The lowest BCUT2D eigenvalue weighted by Gasteiger charge is -2.31. The van der Waals surface area contributed by atoms with Crippen molar-refractivity contribution in [3.8, 4) is 0 Å². The van der Waals surface area contributed by atoms with Gasteiger partial charge in [-0.05, 0) is 40.5 Å². The predicted molar refractivity (Wildman–Crippen MR) is 73.0 cm³/mol. The van der Waals surface area contributed by atoms with Gasteiger partial charge in [0.1, 0.15) is 0 Å². The SMILES string of the molecule is C=CC(C)(C)OC(C)(C)C=C.OCCCCO. The third-order valence-electron chi connectivity index (χ3n) is 2.08. The van der Waals surface area contributed by atoms with Crippen molar-refractivity contribution in [3.05, 3.63) is 25.3 Å². The highest BCUT2D eigenvalue weighted by Gasteiger charge is 2.23. The van der Waals surface area contributed by atoms with E-state index in [2.05, 4.69) is 13.2 Å². The molecule has 0 spiro atoms. The fourth-order valence-corrected chi connectivity index (χ4v) is 0.985. The van der Waals surface area contributed by atoms with E-state index in [4.69, 9.17) is 14.9 Å². The number of unbranched alkanes of at least 4 members (excludes halogenated alkanes) is 1. The molecule has 102 valence electrons. The Hall–Kier alpha value is -0.640. The van der Waals surface area contributed by atoms with E-state index in [1.165, 1.54) is 0 Å². The van der Waals surface area contributed by atoms with Crippen LogP contribution in [-0.4, -0.2) is 34.6 Å². The highest BCUT2D eigenvalue weighted by Crippen LogP contribution is 2.21. The summed E-state index contributed by atoms with van der Waals surface area (Å²) < 4.78 is 5.69. The number of aliphatic hydroxyl groups excluding tert-OH is 2. The van der Waals surface area contributed by atoms with Crippen molar-refractivity contribution in [2.45, 2.75) is 51.7 Å². The molecule has 0 amide bonds. The van der Waals surface area contributed by atoms with Gasteiger partial charge in [-0.3, -0.25) is 0 Å². The summed E-state index contributed by atoms with van der Waals surface area (Å²) in [4.78, 5) is 0. The molecule has 0 aliphatic rings. The first-order valence-corrected chi connectivity index (χ1v) is 5.93. The summed E-state index contributed by atoms with van der Waals surface area (Å²) in [5.41, 5.74) is -0.560. The van der Waals surface area contributed by atoms with E-state index in [0.717, 1.165) is 12.8 Å². The Labute approximate surface area is 106 Å².